The lowest BCUT2D eigenvalue weighted by atomic mass is 10.2. The molecule has 0 atom stereocenters. The van der Waals surface area contributed by atoms with Crippen LogP contribution >= 0.6 is 23.1 Å². The molecule has 1 aliphatic rings. The van der Waals surface area contributed by atoms with Gasteiger partial charge in [-0.2, -0.15) is 0 Å². The molecule has 0 unspecified atom stereocenters. The molecule has 28 heavy (non-hydrogen) atoms. The summed E-state index contributed by atoms with van der Waals surface area (Å²) < 4.78 is 7.08. The van der Waals surface area contributed by atoms with Gasteiger partial charge in [0.1, 0.15) is 10.6 Å². The van der Waals surface area contributed by atoms with Crippen LogP contribution in [0, 0.1) is 13.8 Å². The molecular formula is C20H23N3O3S2. The number of nitrogens with one attached hydrogen (secondary N) is 1. The maximum atomic E-state index is 13.3. The molecule has 6 nitrogen and oxygen atoms in total. The monoisotopic (exact) mass is 417 g/mol. The Labute approximate surface area is 171 Å². The molecule has 1 fully saturated rings. The number of aromatic nitrogens is 2. The minimum absolute atomic E-state index is 0.0391. The van der Waals surface area contributed by atoms with E-state index in [-0.39, 0.29) is 23.3 Å². The summed E-state index contributed by atoms with van der Waals surface area (Å²) in [5.41, 5.74) is 1.06. The second-order valence-corrected chi connectivity index (χ2v) is 9.26. The number of hydrogen-bond donors (Lipinski definition) is 1. The molecule has 3 heterocycles. The van der Waals surface area contributed by atoms with E-state index in [1.54, 1.807) is 23.7 Å². The first-order valence-corrected chi connectivity index (χ1v) is 11.3. The van der Waals surface area contributed by atoms with Gasteiger partial charge in [0, 0.05) is 10.9 Å². The van der Waals surface area contributed by atoms with Crippen LogP contribution in [0.25, 0.3) is 10.2 Å². The van der Waals surface area contributed by atoms with Crippen molar-refractivity contribution >= 4 is 39.2 Å². The van der Waals surface area contributed by atoms with E-state index in [9.17, 15) is 9.59 Å². The van der Waals surface area contributed by atoms with Crippen molar-refractivity contribution < 1.29 is 9.21 Å². The van der Waals surface area contributed by atoms with Crippen molar-refractivity contribution in [1.29, 1.82) is 0 Å². The molecule has 8 heteroatoms. The molecule has 1 saturated carbocycles. The van der Waals surface area contributed by atoms with Gasteiger partial charge in [-0.25, -0.2) is 4.98 Å². The molecule has 1 N–H and O–H groups in total. The van der Waals surface area contributed by atoms with Crippen LogP contribution in [0.4, 0.5) is 0 Å². The van der Waals surface area contributed by atoms with E-state index < -0.39 is 0 Å². The molecule has 3 aromatic rings. The summed E-state index contributed by atoms with van der Waals surface area (Å²) in [6.45, 7) is 4.37. The molecule has 0 radical (unpaired) electrons. The smallest absolute Gasteiger partial charge is 0.263 e. The number of hydrogen-bond acceptors (Lipinski definition) is 6. The predicted octanol–water partition coefficient (Wildman–Crippen LogP) is 4.19. The summed E-state index contributed by atoms with van der Waals surface area (Å²) in [5.74, 6) is 0.826. The normalized spacial score (nSPS) is 14.8. The van der Waals surface area contributed by atoms with Gasteiger partial charge >= 0.3 is 0 Å². The van der Waals surface area contributed by atoms with Crippen LogP contribution in [0.2, 0.25) is 0 Å². The Morgan fingerprint density at radius 2 is 2.18 bits per heavy atom. The third kappa shape index (κ3) is 3.75. The van der Waals surface area contributed by atoms with Crippen LogP contribution in [0.5, 0.6) is 0 Å². The predicted molar refractivity (Wildman–Crippen MR) is 112 cm³/mol. The van der Waals surface area contributed by atoms with Gasteiger partial charge in [0.2, 0.25) is 5.91 Å². The number of nitrogens with zero attached hydrogens (tertiary/aromatic N) is 2. The molecule has 148 valence electrons. The quantitative estimate of drug-likeness (QED) is 0.481. The van der Waals surface area contributed by atoms with E-state index in [0.717, 1.165) is 46.3 Å². The number of carbonyl (C=O) groups is 1. The Hall–Kier alpha value is -2.06. The fourth-order valence-electron chi connectivity index (χ4n) is 3.65. The Morgan fingerprint density at radius 1 is 1.39 bits per heavy atom. The van der Waals surface area contributed by atoms with Gasteiger partial charge in [-0.15, -0.1) is 11.3 Å². The van der Waals surface area contributed by atoms with Gasteiger partial charge in [0.25, 0.3) is 5.56 Å². The van der Waals surface area contributed by atoms with Crippen LogP contribution in [-0.4, -0.2) is 21.2 Å². The second-order valence-electron chi connectivity index (χ2n) is 7.12. The molecule has 0 aliphatic heterocycles. The van der Waals surface area contributed by atoms with E-state index in [0.29, 0.717) is 17.5 Å². The van der Waals surface area contributed by atoms with Gasteiger partial charge in [0.05, 0.1) is 23.9 Å². The molecule has 1 aliphatic carbocycles. The van der Waals surface area contributed by atoms with Crippen LogP contribution in [0.15, 0.2) is 32.8 Å². The first-order valence-electron chi connectivity index (χ1n) is 9.48. The summed E-state index contributed by atoms with van der Waals surface area (Å²) in [7, 11) is 0. The standard InChI is InChI=1S/C20H23N3O3S2/c1-12-13(2)28-18-17(12)19(25)23(14-6-3-4-7-14)20(22-18)27-11-16(24)21-10-15-8-5-9-26-15/h5,8-9,14H,3-4,6-7,10-11H2,1-2H3,(H,21,24). The molecule has 0 bridgehead atoms. The van der Waals surface area contributed by atoms with Gasteiger partial charge in [-0.05, 0) is 44.4 Å². The van der Waals surface area contributed by atoms with Crippen molar-refractivity contribution in [3.05, 3.63) is 45.0 Å². The molecule has 3 aromatic heterocycles. The highest BCUT2D eigenvalue weighted by Gasteiger charge is 2.25. The number of carbonyl (C=O) groups excluding carboxylic acids is 1. The highest BCUT2D eigenvalue weighted by molar-refractivity contribution is 7.99. The van der Waals surface area contributed by atoms with Crippen LogP contribution in [0.3, 0.4) is 0 Å². The summed E-state index contributed by atoms with van der Waals surface area (Å²) in [5, 5.41) is 4.23. The van der Waals surface area contributed by atoms with Crippen molar-refractivity contribution in [2.75, 3.05) is 5.75 Å². The molecule has 0 aromatic carbocycles. The highest BCUT2D eigenvalue weighted by atomic mass is 32.2. The number of fused-ring (bicyclic) bond motifs is 1. The van der Waals surface area contributed by atoms with Crippen molar-refractivity contribution in [2.45, 2.75) is 57.3 Å². The molecule has 0 saturated heterocycles. The SMILES string of the molecule is Cc1sc2nc(SCC(=O)NCc3ccco3)n(C3CCCC3)c(=O)c2c1C. The van der Waals surface area contributed by atoms with E-state index in [1.165, 1.54) is 11.8 Å². The number of aryl methyl sites for hydroxylation is 2. The van der Waals surface area contributed by atoms with Crippen molar-refractivity contribution in [1.82, 2.24) is 14.9 Å². The van der Waals surface area contributed by atoms with Gasteiger partial charge in [0.15, 0.2) is 5.16 Å². The zero-order valence-electron chi connectivity index (χ0n) is 16.0. The van der Waals surface area contributed by atoms with Gasteiger partial charge < -0.3 is 9.73 Å². The third-order valence-corrected chi connectivity index (χ3v) is 7.32. The topological polar surface area (TPSA) is 77.1 Å². The first-order chi connectivity index (χ1) is 13.5. The fraction of sp³-hybridized carbons (Fsp3) is 0.450. The second kappa shape index (κ2) is 8.13. The molecule has 4 rings (SSSR count). The number of amides is 1. The highest BCUT2D eigenvalue weighted by Crippen LogP contribution is 2.34. The summed E-state index contributed by atoms with van der Waals surface area (Å²) in [6.07, 6.45) is 5.83. The number of rotatable bonds is 6. The van der Waals surface area contributed by atoms with Gasteiger partial charge in [-0.1, -0.05) is 24.6 Å². The van der Waals surface area contributed by atoms with Crippen LogP contribution in [0.1, 0.15) is 47.9 Å². The Balaban J connectivity index is 1.59. The summed E-state index contributed by atoms with van der Waals surface area (Å²) in [4.78, 5) is 32.2. The lowest BCUT2D eigenvalue weighted by molar-refractivity contribution is -0.118. The largest absolute Gasteiger partial charge is 0.467 e. The average molecular weight is 418 g/mol. The summed E-state index contributed by atoms with van der Waals surface area (Å²) >= 11 is 2.89. The van der Waals surface area contributed by atoms with Crippen LogP contribution < -0.4 is 10.9 Å². The first kappa shape index (κ1) is 19.3. The van der Waals surface area contributed by atoms with E-state index >= 15 is 0 Å². The lowest BCUT2D eigenvalue weighted by Crippen LogP contribution is -2.28. The minimum Gasteiger partial charge on any atom is -0.467 e. The number of thioether (sulfide) groups is 1. The lowest BCUT2D eigenvalue weighted by Gasteiger charge is -2.18. The third-order valence-electron chi connectivity index (χ3n) is 5.26. The maximum Gasteiger partial charge on any atom is 0.263 e. The fourth-order valence-corrected chi connectivity index (χ4v) is 5.62. The Kier molecular flexibility index (Phi) is 5.59. The Morgan fingerprint density at radius 3 is 2.89 bits per heavy atom. The zero-order chi connectivity index (χ0) is 19.7. The Bertz CT molecular complexity index is 1050. The molecule has 1 amide bonds. The van der Waals surface area contributed by atoms with Crippen molar-refractivity contribution in [2.24, 2.45) is 0 Å². The van der Waals surface area contributed by atoms with E-state index in [4.69, 9.17) is 9.40 Å². The number of furan rings is 1. The summed E-state index contributed by atoms with van der Waals surface area (Å²) in [6, 6.07) is 3.79. The zero-order valence-corrected chi connectivity index (χ0v) is 17.6. The van der Waals surface area contributed by atoms with E-state index in [2.05, 4.69) is 5.32 Å². The van der Waals surface area contributed by atoms with Crippen LogP contribution in [-0.2, 0) is 11.3 Å². The maximum absolute atomic E-state index is 13.3. The van der Waals surface area contributed by atoms with Crippen molar-refractivity contribution in [3.8, 4) is 0 Å². The number of thiophene rings is 1. The van der Waals surface area contributed by atoms with Gasteiger partial charge in [-0.3, -0.25) is 14.2 Å². The minimum atomic E-state index is -0.104. The molecule has 0 spiro atoms. The average Bonchev–Trinajstić information content (AvgIpc) is 3.41. The van der Waals surface area contributed by atoms with E-state index in [1.807, 2.05) is 24.5 Å². The molecular weight excluding hydrogens is 394 g/mol. The van der Waals surface area contributed by atoms with Crippen molar-refractivity contribution in [3.63, 3.8) is 0 Å².